The Morgan fingerprint density at radius 2 is 1.72 bits per heavy atom. The summed E-state index contributed by atoms with van der Waals surface area (Å²) in [5, 5.41) is 0. The van der Waals surface area contributed by atoms with E-state index in [1.165, 1.54) is 5.56 Å². The fraction of sp³-hybridized carbons (Fsp3) is 0.190. The molecule has 2 aromatic carbocycles. The van der Waals surface area contributed by atoms with Crippen molar-refractivity contribution in [1.29, 1.82) is 0 Å². The highest BCUT2D eigenvalue weighted by molar-refractivity contribution is 5.96. The normalized spacial score (nSPS) is 10.7. The first-order chi connectivity index (χ1) is 12.1. The van der Waals surface area contributed by atoms with Gasteiger partial charge in [-0.25, -0.2) is 5.48 Å². The van der Waals surface area contributed by atoms with Crippen LogP contribution in [0, 0.1) is 13.8 Å². The number of benzene rings is 2. The number of aryl methyl sites for hydroxylation is 1. The van der Waals surface area contributed by atoms with Gasteiger partial charge in [0.25, 0.3) is 5.91 Å². The molecule has 0 radical (unpaired) electrons. The Morgan fingerprint density at radius 3 is 2.36 bits per heavy atom. The van der Waals surface area contributed by atoms with Crippen LogP contribution in [-0.4, -0.2) is 17.1 Å². The average Bonchev–Trinajstić information content (AvgIpc) is 2.98. The molecule has 0 atom stereocenters. The van der Waals surface area contributed by atoms with E-state index < -0.39 is 0 Å². The molecule has 3 rings (SSSR count). The van der Waals surface area contributed by atoms with Crippen LogP contribution in [0.4, 0.5) is 0 Å². The minimum Gasteiger partial charge on any atom is -0.313 e. The molecule has 4 nitrogen and oxygen atoms in total. The monoisotopic (exact) mass is 334 g/mol. The van der Waals surface area contributed by atoms with E-state index in [2.05, 4.69) is 41.2 Å². The van der Waals surface area contributed by atoms with Gasteiger partial charge in [0.15, 0.2) is 0 Å². The van der Waals surface area contributed by atoms with Gasteiger partial charge in [-0.2, -0.15) is 0 Å². The molecule has 4 heteroatoms. The topological polar surface area (TPSA) is 43.3 Å². The van der Waals surface area contributed by atoms with Crippen LogP contribution < -0.4 is 5.48 Å². The highest BCUT2D eigenvalue weighted by atomic mass is 16.6. The average molecular weight is 334 g/mol. The summed E-state index contributed by atoms with van der Waals surface area (Å²) in [7, 11) is 0. The number of rotatable bonds is 5. The molecule has 0 aliphatic carbocycles. The van der Waals surface area contributed by atoms with E-state index in [1.807, 2.05) is 50.2 Å². The number of nitrogens with zero attached hydrogens (tertiary/aromatic N) is 1. The Balaban J connectivity index is 2.15. The standard InChI is InChI=1S/C21H22N2O2/c1-4-25-22-21(24)19-14-20(17-8-6-5-7-9-17)23(16(19)3)18-12-10-15(2)11-13-18/h5-14H,4H2,1-3H3,(H,22,24). The van der Waals surface area contributed by atoms with Crippen LogP contribution in [0.1, 0.15) is 28.5 Å². The Hall–Kier alpha value is -2.85. The zero-order chi connectivity index (χ0) is 17.8. The maximum absolute atomic E-state index is 12.5. The Bertz CT molecular complexity index is 865. The largest absolute Gasteiger partial charge is 0.313 e. The molecule has 3 aromatic rings. The molecule has 0 fully saturated rings. The minimum absolute atomic E-state index is 0.234. The molecular weight excluding hydrogens is 312 g/mol. The smallest absolute Gasteiger partial charge is 0.276 e. The van der Waals surface area contributed by atoms with E-state index in [-0.39, 0.29) is 5.91 Å². The fourth-order valence-electron chi connectivity index (χ4n) is 2.88. The highest BCUT2D eigenvalue weighted by Crippen LogP contribution is 2.29. The molecule has 128 valence electrons. The number of carbonyl (C=O) groups is 1. The van der Waals surface area contributed by atoms with Crippen molar-refractivity contribution in [1.82, 2.24) is 10.0 Å². The second-order valence-electron chi connectivity index (χ2n) is 5.93. The molecule has 0 saturated carbocycles. The summed E-state index contributed by atoms with van der Waals surface area (Å²) in [6, 6.07) is 20.3. The number of hydrogen-bond donors (Lipinski definition) is 1. The third-order valence-electron chi connectivity index (χ3n) is 4.16. The lowest BCUT2D eigenvalue weighted by atomic mass is 10.1. The van der Waals surface area contributed by atoms with Gasteiger partial charge >= 0.3 is 0 Å². The summed E-state index contributed by atoms with van der Waals surface area (Å²) in [5.41, 5.74) is 8.23. The van der Waals surface area contributed by atoms with E-state index in [4.69, 9.17) is 4.84 Å². The number of carbonyl (C=O) groups excluding carboxylic acids is 1. The second kappa shape index (κ2) is 7.36. The van der Waals surface area contributed by atoms with Gasteiger partial charge < -0.3 is 4.57 Å². The zero-order valence-corrected chi connectivity index (χ0v) is 14.7. The Labute approximate surface area is 148 Å². The maximum Gasteiger partial charge on any atom is 0.276 e. The number of hydroxylamine groups is 1. The lowest BCUT2D eigenvalue weighted by molar-refractivity contribution is 0.0364. The summed E-state index contributed by atoms with van der Waals surface area (Å²) in [6.45, 7) is 6.27. The van der Waals surface area contributed by atoms with Gasteiger partial charge in [-0.15, -0.1) is 0 Å². The molecule has 0 aliphatic rings. The predicted octanol–water partition coefficient (Wildman–Crippen LogP) is 4.44. The van der Waals surface area contributed by atoms with Gasteiger partial charge in [0, 0.05) is 11.4 Å². The van der Waals surface area contributed by atoms with Crippen LogP contribution in [0.25, 0.3) is 16.9 Å². The summed E-state index contributed by atoms with van der Waals surface area (Å²) < 4.78 is 2.11. The van der Waals surface area contributed by atoms with E-state index in [1.54, 1.807) is 0 Å². The first-order valence-corrected chi connectivity index (χ1v) is 8.38. The Kier molecular flexibility index (Phi) is 5.00. The number of amides is 1. The first kappa shape index (κ1) is 17.0. The zero-order valence-electron chi connectivity index (χ0n) is 14.7. The van der Waals surface area contributed by atoms with Gasteiger partial charge in [-0.3, -0.25) is 9.63 Å². The Morgan fingerprint density at radius 1 is 1.04 bits per heavy atom. The van der Waals surface area contributed by atoms with E-state index >= 15 is 0 Å². The third kappa shape index (κ3) is 3.49. The molecular formula is C21H22N2O2. The number of nitrogens with one attached hydrogen (secondary N) is 1. The molecule has 0 bridgehead atoms. The fourth-order valence-corrected chi connectivity index (χ4v) is 2.88. The van der Waals surface area contributed by atoms with Crippen LogP contribution >= 0.6 is 0 Å². The van der Waals surface area contributed by atoms with Crippen LogP contribution in [-0.2, 0) is 4.84 Å². The van der Waals surface area contributed by atoms with E-state index in [9.17, 15) is 4.79 Å². The summed E-state index contributed by atoms with van der Waals surface area (Å²) >= 11 is 0. The van der Waals surface area contributed by atoms with Crippen molar-refractivity contribution in [3.63, 3.8) is 0 Å². The van der Waals surface area contributed by atoms with Crippen LogP contribution in [0.3, 0.4) is 0 Å². The molecule has 1 N–H and O–H groups in total. The van der Waals surface area contributed by atoms with Crippen molar-refractivity contribution < 1.29 is 9.63 Å². The van der Waals surface area contributed by atoms with Crippen molar-refractivity contribution in [2.45, 2.75) is 20.8 Å². The molecule has 0 spiro atoms. The molecule has 0 aliphatic heterocycles. The first-order valence-electron chi connectivity index (χ1n) is 8.38. The molecule has 25 heavy (non-hydrogen) atoms. The third-order valence-corrected chi connectivity index (χ3v) is 4.16. The SMILES string of the molecule is CCONC(=O)c1cc(-c2ccccc2)n(-c2ccc(C)cc2)c1C. The summed E-state index contributed by atoms with van der Waals surface area (Å²) in [5.74, 6) is -0.234. The minimum atomic E-state index is -0.234. The lowest BCUT2D eigenvalue weighted by Crippen LogP contribution is -2.24. The van der Waals surface area contributed by atoms with Crippen LogP contribution in [0.2, 0.25) is 0 Å². The second-order valence-corrected chi connectivity index (χ2v) is 5.93. The van der Waals surface area contributed by atoms with Crippen LogP contribution in [0.15, 0.2) is 60.7 Å². The van der Waals surface area contributed by atoms with Gasteiger partial charge in [0.1, 0.15) is 0 Å². The molecule has 1 aromatic heterocycles. The summed E-state index contributed by atoms with van der Waals surface area (Å²) in [4.78, 5) is 17.5. The van der Waals surface area contributed by atoms with Crippen molar-refractivity contribution in [2.75, 3.05) is 6.61 Å². The van der Waals surface area contributed by atoms with Crippen LogP contribution in [0.5, 0.6) is 0 Å². The van der Waals surface area contributed by atoms with Gasteiger partial charge in [0.2, 0.25) is 0 Å². The van der Waals surface area contributed by atoms with Gasteiger partial charge in [-0.05, 0) is 44.5 Å². The predicted molar refractivity (Wildman–Crippen MR) is 99.8 cm³/mol. The summed E-state index contributed by atoms with van der Waals surface area (Å²) in [6.07, 6.45) is 0. The van der Waals surface area contributed by atoms with Gasteiger partial charge in [0.05, 0.1) is 17.9 Å². The quantitative estimate of drug-likeness (QED) is 0.701. The molecule has 1 heterocycles. The van der Waals surface area contributed by atoms with Crippen molar-refractivity contribution in [2.24, 2.45) is 0 Å². The van der Waals surface area contributed by atoms with E-state index in [0.29, 0.717) is 12.2 Å². The van der Waals surface area contributed by atoms with E-state index in [0.717, 1.165) is 22.6 Å². The highest BCUT2D eigenvalue weighted by Gasteiger charge is 2.19. The van der Waals surface area contributed by atoms with Crippen molar-refractivity contribution in [3.05, 3.63) is 77.5 Å². The van der Waals surface area contributed by atoms with Crippen molar-refractivity contribution >= 4 is 5.91 Å². The number of aromatic nitrogens is 1. The van der Waals surface area contributed by atoms with Gasteiger partial charge in [-0.1, -0.05) is 48.0 Å². The molecule has 0 unspecified atom stereocenters. The maximum atomic E-state index is 12.5. The molecule has 1 amide bonds. The lowest BCUT2D eigenvalue weighted by Gasteiger charge is -2.13. The molecule has 0 saturated heterocycles. The number of hydrogen-bond acceptors (Lipinski definition) is 2. The van der Waals surface area contributed by atoms with Crippen molar-refractivity contribution in [3.8, 4) is 16.9 Å².